The van der Waals surface area contributed by atoms with Crippen LogP contribution in [0.25, 0.3) is 20.4 Å². The number of benzene rings is 2. The lowest BCUT2D eigenvalue weighted by atomic mass is 10.3. The Morgan fingerprint density at radius 2 is 1.20 bits per heavy atom. The van der Waals surface area contributed by atoms with Crippen molar-refractivity contribution >= 4 is 64.7 Å². The van der Waals surface area contributed by atoms with E-state index in [-0.39, 0.29) is 0 Å². The van der Waals surface area contributed by atoms with Gasteiger partial charge in [-0.25, -0.2) is 9.97 Å². The fraction of sp³-hybridized carbons (Fsp3) is 0. The SMILES string of the molecule is c1cc(SSc2cccc3ncsc23)c2scnc2c1. The lowest BCUT2D eigenvalue weighted by Gasteiger charge is -2.03. The van der Waals surface area contributed by atoms with Crippen LogP contribution in [-0.4, -0.2) is 9.97 Å². The van der Waals surface area contributed by atoms with Crippen LogP contribution in [0.4, 0.5) is 0 Å². The van der Waals surface area contributed by atoms with Gasteiger partial charge in [-0.2, -0.15) is 0 Å². The molecule has 20 heavy (non-hydrogen) atoms. The van der Waals surface area contributed by atoms with E-state index in [9.17, 15) is 0 Å². The van der Waals surface area contributed by atoms with Gasteiger partial charge >= 0.3 is 0 Å². The van der Waals surface area contributed by atoms with Crippen LogP contribution in [0.5, 0.6) is 0 Å². The van der Waals surface area contributed by atoms with E-state index in [2.05, 4.69) is 46.4 Å². The lowest BCUT2D eigenvalue weighted by molar-refractivity contribution is 1.47. The number of hydrogen-bond acceptors (Lipinski definition) is 6. The smallest absolute Gasteiger partial charge is 0.0823 e. The number of aromatic nitrogens is 2. The molecular weight excluding hydrogens is 324 g/mol. The van der Waals surface area contributed by atoms with Gasteiger partial charge in [0.2, 0.25) is 0 Å². The molecule has 0 aliphatic heterocycles. The average molecular weight is 333 g/mol. The highest BCUT2D eigenvalue weighted by Crippen LogP contribution is 2.44. The van der Waals surface area contributed by atoms with Crippen molar-refractivity contribution in [1.29, 1.82) is 0 Å². The largest absolute Gasteiger partial charge is 0.245 e. The van der Waals surface area contributed by atoms with Gasteiger partial charge in [0, 0.05) is 9.79 Å². The first-order chi connectivity index (χ1) is 9.92. The molecule has 0 N–H and O–H groups in total. The third-order valence-electron chi connectivity index (χ3n) is 2.86. The second-order valence-corrected chi connectivity index (χ2v) is 8.00. The van der Waals surface area contributed by atoms with E-state index in [1.165, 1.54) is 19.2 Å². The van der Waals surface area contributed by atoms with E-state index in [4.69, 9.17) is 0 Å². The summed E-state index contributed by atoms with van der Waals surface area (Å²) in [5.41, 5.74) is 5.97. The Morgan fingerprint density at radius 3 is 1.70 bits per heavy atom. The van der Waals surface area contributed by atoms with Crippen LogP contribution in [0.3, 0.4) is 0 Å². The van der Waals surface area contributed by atoms with Crippen molar-refractivity contribution in [2.24, 2.45) is 0 Å². The van der Waals surface area contributed by atoms with Gasteiger partial charge in [-0.1, -0.05) is 33.7 Å². The number of rotatable bonds is 3. The summed E-state index contributed by atoms with van der Waals surface area (Å²) in [7, 11) is 3.58. The summed E-state index contributed by atoms with van der Waals surface area (Å²) in [5, 5.41) is 0. The van der Waals surface area contributed by atoms with E-state index in [1.807, 2.05) is 11.0 Å². The molecular formula is C14H8N2S4. The molecule has 0 unspecified atom stereocenters. The average Bonchev–Trinajstić information content (AvgIpc) is 3.13. The first-order valence-electron chi connectivity index (χ1n) is 5.91. The van der Waals surface area contributed by atoms with Gasteiger partial charge in [0.05, 0.1) is 31.5 Å². The molecule has 2 nitrogen and oxygen atoms in total. The first kappa shape index (κ1) is 12.6. The van der Waals surface area contributed by atoms with Crippen LogP contribution in [-0.2, 0) is 0 Å². The molecule has 2 aromatic heterocycles. The maximum absolute atomic E-state index is 4.36. The topological polar surface area (TPSA) is 25.8 Å². The maximum Gasteiger partial charge on any atom is 0.0823 e. The van der Waals surface area contributed by atoms with Crippen LogP contribution in [0.15, 0.2) is 57.2 Å². The predicted octanol–water partition coefficient (Wildman–Crippen LogP) is 5.71. The summed E-state index contributed by atoms with van der Waals surface area (Å²) in [6, 6.07) is 12.6. The first-order valence-corrected chi connectivity index (χ1v) is 9.82. The fourth-order valence-electron chi connectivity index (χ4n) is 1.94. The molecule has 0 aliphatic carbocycles. The monoisotopic (exact) mass is 332 g/mol. The van der Waals surface area contributed by atoms with Gasteiger partial charge in [0.25, 0.3) is 0 Å². The highest BCUT2D eigenvalue weighted by Gasteiger charge is 2.08. The Kier molecular flexibility index (Phi) is 3.39. The van der Waals surface area contributed by atoms with Gasteiger partial charge < -0.3 is 0 Å². The van der Waals surface area contributed by atoms with Crippen LogP contribution in [0.2, 0.25) is 0 Å². The summed E-state index contributed by atoms with van der Waals surface area (Å²) in [4.78, 5) is 11.3. The Bertz CT molecular complexity index is 807. The van der Waals surface area contributed by atoms with E-state index in [0.29, 0.717) is 0 Å². The van der Waals surface area contributed by atoms with Crippen molar-refractivity contribution in [3.8, 4) is 0 Å². The molecule has 0 atom stereocenters. The fourth-order valence-corrected chi connectivity index (χ4v) is 6.37. The molecule has 98 valence electrons. The van der Waals surface area contributed by atoms with Crippen LogP contribution < -0.4 is 0 Å². The standard InChI is InChI=1S/C14H8N2S4/c1-3-9-13(17-7-15-9)11(5-1)19-20-12-6-2-4-10-14(12)18-8-16-10/h1-8H. The van der Waals surface area contributed by atoms with Gasteiger partial charge in [-0.3, -0.25) is 0 Å². The van der Waals surface area contributed by atoms with E-state index >= 15 is 0 Å². The number of nitrogens with zero attached hydrogens (tertiary/aromatic N) is 2. The lowest BCUT2D eigenvalue weighted by Crippen LogP contribution is -1.73. The van der Waals surface area contributed by atoms with Gasteiger partial charge in [-0.05, 0) is 24.3 Å². The zero-order valence-electron chi connectivity index (χ0n) is 10.1. The molecule has 2 aromatic carbocycles. The van der Waals surface area contributed by atoms with Gasteiger partial charge in [-0.15, -0.1) is 22.7 Å². The number of hydrogen-bond donors (Lipinski definition) is 0. The third kappa shape index (κ3) is 2.22. The second kappa shape index (κ2) is 5.37. The van der Waals surface area contributed by atoms with Crippen LogP contribution in [0, 0.1) is 0 Å². The Balaban J connectivity index is 1.67. The quantitative estimate of drug-likeness (QED) is 0.449. The Labute approximate surface area is 131 Å². The third-order valence-corrected chi connectivity index (χ3v) is 7.32. The molecule has 4 aromatic rings. The molecule has 4 rings (SSSR count). The van der Waals surface area contributed by atoms with Crippen molar-refractivity contribution in [3.63, 3.8) is 0 Å². The number of thiazole rings is 2. The van der Waals surface area contributed by atoms with E-state index < -0.39 is 0 Å². The molecule has 0 radical (unpaired) electrons. The van der Waals surface area contributed by atoms with Crippen molar-refractivity contribution in [2.75, 3.05) is 0 Å². The molecule has 2 heterocycles. The van der Waals surface area contributed by atoms with Crippen molar-refractivity contribution in [3.05, 3.63) is 47.4 Å². The summed E-state index contributed by atoms with van der Waals surface area (Å²) < 4.78 is 2.53. The highest BCUT2D eigenvalue weighted by molar-refractivity contribution is 8.76. The van der Waals surface area contributed by atoms with E-state index in [1.54, 1.807) is 44.3 Å². The van der Waals surface area contributed by atoms with Crippen LogP contribution >= 0.6 is 44.3 Å². The molecule has 6 heteroatoms. The molecule has 0 saturated carbocycles. The minimum absolute atomic E-state index is 1.08. The van der Waals surface area contributed by atoms with E-state index in [0.717, 1.165) is 11.0 Å². The zero-order chi connectivity index (χ0) is 13.4. The predicted molar refractivity (Wildman–Crippen MR) is 91.0 cm³/mol. The van der Waals surface area contributed by atoms with Crippen molar-refractivity contribution < 1.29 is 0 Å². The second-order valence-electron chi connectivity index (χ2n) is 4.08. The summed E-state index contributed by atoms with van der Waals surface area (Å²) in [6.45, 7) is 0. The molecule has 0 aliphatic rings. The maximum atomic E-state index is 4.36. The molecule has 0 saturated heterocycles. The highest BCUT2D eigenvalue weighted by atomic mass is 33.1. The molecule has 0 fully saturated rings. The minimum Gasteiger partial charge on any atom is -0.245 e. The normalized spacial score (nSPS) is 11.4. The summed E-state index contributed by atoms with van der Waals surface area (Å²) in [5.74, 6) is 0. The zero-order valence-corrected chi connectivity index (χ0v) is 13.4. The molecule has 0 bridgehead atoms. The summed E-state index contributed by atoms with van der Waals surface area (Å²) in [6.07, 6.45) is 0. The van der Waals surface area contributed by atoms with Crippen molar-refractivity contribution in [2.45, 2.75) is 9.79 Å². The van der Waals surface area contributed by atoms with Crippen LogP contribution in [0.1, 0.15) is 0 Å². The Hall–Kier alpha value is -1.08. The summed E-state index contributed by atoms with van der Waals surface area (Å²) >= 11 is 3.40. The van der Waals surface area contributed by atoms with Crippen molar-refractivity contribution in [1.82, 2.24) is 9.97 Å². The number of fused-ring (bicyclic) bond motifs is 2. The molecule has 0 amide bonds. The Morgan fingerprint density at radius 1 is 0.700 bits per heavy atom. The van der Waals surface area contributed by atoms with Gasteiger partial charge in [0.15, 0.2) is 0 Å². The van der Waals surface area contributed by atoms with Gasteiger partial charge in [0.1, 0.15) is 0 Å². The minimum atomic E-state index is 1.08. The molecule has 0 spiro atoms.